The molecule has 0 bridgehead atoms. The van der Waals surface area contributed by atoms with E-state index in [2.05, 4.69) is 41.8 Å². The molecule has 3 aromatic rings. The monoisotopic (exact) mass is 445 g/mol. The van der Waals surface area contributed by atoms with Gasteiger partial charge >= 0.3 is 0 Å². The summed E-state index contributed by atoms with van der Waals surface area (Å²) in [6.07, 6.45) is 1.59. The maximum Gasteiger partial charge on any atom is 0.259 e. The minimum atomic E-state index is -0.301. The molecule has 0 fully saturated rings. The molecule has 7 heteroatoms. The Hall–Kier alpha value is -2.43. The van der Waals surface area contributed by atoms with Crippen molar-refractivity contribution in [2.45, 2.75) is 0 Å². The summed E-state index contributed by atoms with van der Waals surface area (Å²) in [5.74, 6) is 0.268. The molecule has 0 saturated carbocycles. The molecule has 0 spiro atoms. The smallest absolute Gasteiger partial charge is 0.259 e. The summed E-state index contributed by atoms with van der Waals surface area (Å²) in [7, 11) is 0. The maximum atomic E-state index is 12.1. The number of nitrogens with zero attached hydrogens (tertiary/aromatic N) is 2. The summed E-state index contributed by atoms with van der Waals surface area (Å²) in [5.41, 5.74) is 1.09. The SMILES string of the molecule is N#C/C(=C\c1cc(Br)c(O)c(Br)c1)c1nc2ccccc2c(=O)[nH]1. The first-order valence-corrected chi connectivity index (χ1v) is 8.37. The Morgan fingerprint density at radius 3 is 2.58 bits per heavy atom. The van der Waals surface area contributed by atoms with Gasteiger partial charge in [-0.15, -0.1) is 0 Å². The number of H-pyrrole nitrogens is 1. The van der Waals surface area contributed by atoms with Gasteiger partial charge in [-0.2, -0.15) is 5.26 Å². The number of aromatic hydroxyl groups is 1. The molecule has 5 nitrogen and oxygen atoms in total. The average Bonchev–Trinajstić information content (AvgIpc) is 2.57. The Labute approximate surface area is 153 Å². The van der Waals surface area contributed by atoms with Gasteiger partial charge in [0.25, 0.3) is 5.56 Å². The van der Waals surface area contributed by atoms with E-state index >= 15 is 0 Å². The number of hydrogen-bond acceptors (Lipinski definition) is 4. The van der Waals surface area contributed by atoms with E-state index in [1.165, 1.54) is 0 Å². The fraction of sp³-hybridized carbons (Fsp3) is 0. The lowest BCUT2D eigenvalue weighted by molar-refractivity contribution is 0.468. The van der Waals surface area contributed by atoms with E-state index in [9.17, 15) is 15.2 Å². The van der Waals surface area contributed by atoms with Gasteiger partial charge < -0.3 is 10.1 Å². The number of phenols is 1. The van der Waals surface area contributed by atoms with E-state index in [0.717, 1.165) is 0 Å². The third-order valence-corrected chi connectivity index (χ3v) is 4.55. The number of para-hydroxylation sites is 1. The summed E-state index contributed by atoms with van der Waals surface area (Å²) in [5, 5.41) is 19.7. The van der Waals surface area contributed by atoms with Crippen molar-refractivity contribution in [1.29, 1.82) is 5.26 Å². The second-order valence-corrected chi connectivity index (χ2v) is 6.64. The normalized spacial score (nSPS) is 11.5. The highest BCUT2D eigenvalue weighted by molar-refractivity contribution is 9.11. The second kappa shape index (κ2) is 6.59. The van der Waals surface area contributed by atoms with Crippen LogP contribution in [0.15, 0.2) is 50.1 Å². The number of aromatic amines is 1. The zero-order valence-electron chi connectivity index (χ0n) is 12.0. The molecular weight excluding hydrogens is 438 g/mol. The molecule has 0 aliphatic rings. The molecule has 0 unspecified atom stereocenters. The molecule has 0 atom stereocenters. The van der Waals surface area contributed by atoms with Crippen LogP contribution < -0.4 is 5.56 Å². The van der Waals surface area contributed by atoms with Crippen LogP contribution in [0.25, 0.3) is 22.6 Å². The Morgan fingerprint density at radius 1 is 1.25 bits per heavy atom. The maximum absolute atomic E-state index is 12.1. The molecule has 24 heavy (non-hydrogen) atoms. The Bertz CT molecular complexity index is 1060. The molecule has 118 valence electrons. The minimum absolute atomic E-state index is 0.0721. The van der Waals surface area contributed by atoms with Crippen LogP contribution in [0.2, 0.25) is 0 Å². The quantitative estimate of drug-likeness (QED) is 0.576. The van der Waals surface area contributed by atoms with Gasteiger partial charge in [-0.3, -0.25) is 4.79 Å². The number of fused-ring (bicyclic) bond motifs is 1. The number of halogens is 2. The van der Waals surface area contributed by atoms with Crippen LogP contribution in [-0.2, 0) is 0 Å². The standard InChI is InChI=1S/C17H9Br2N3O2/c18-12-6-9(7-13(19)15(12)23)5-10(8-20)16-21-14-4-2-1-3-11(14)17(24)22-16/h1-7,23H,(H,21,22,24)/b10-5+. The van der Waals surface area contributed by atoms with Crippen LogP contribution in [0.4, 0.5) is 0 Å². The van der Waals surface area contributed by atoms with Gasteiger partial charge in [0.15, 0.2) is 5.82 Å². The molecule has 3 rings (SSSR count). The van der Waals surface area contributed by atoms with E-state index in [0.29, 0.717) is 25.4 Å². The van der Waals surface area contributed by atoms with E-state index in [1.807, 2.05) is 6.07 Å². The number of rotatable bonds is 2. The number of allylic oxidation sites excluding steroid dienone is 1. The molecule has 0 amide bonds. The van der Waals surface area contributed by atoms with Gasteiger partial charge in [0.05, 0.1) is 25.4 Å². The van der Waals surface area contributed by atoms with Gasteiger partial charge in [-0.25, -0.2) is 4.98 Å². The highest BCUT2D eigenvalue weighted by Gasteiger charge is 2.10. The first-order chi connectivity index (χ1) is 11.5. The van der Waals surface area contributed by atoms with Crippen molar-refractivity contribution in [2.24, 2.45) is 0 Å². The number of benzene rings is 2. The van der Waals surface area contributed by atoms with Crippen molar-refractivity contribution >= 4 is 54.4 Å². The van der Waals surface area contributed by atoms with Gasteiger partial charge in [-0.05, 0) is 67.8 Å². The topological polar surface area (TPSA) is 89.8 Å². The number of aromatic nitrogens is 2. The molecule has 0 aliphatic heterocycles. The zero-order chi connectivity index (χ0) is 17.3. The number of nitriles is 1. The molecule has 2 aromatic carbocycles. The van der Waals surface area contributed by atoms with E-state index in [4.69, 9.17) is 0 Å². The molecule has 1 heterocycles. The lowest BCUT2D eigenvalue weighted by Gasteiger charge is -2.04. The average molecular weight is 447 g/mol. The zero-order valence-corrected chi connectivity index (χ0v) is 15.2. The first kappa shape index (κ1) is 16.4. The minimum Gasteiger partial charge on any atom is -0.506 e. The highest BCUT2D eigenvalue weighted by Crippen LogP contribution is 2.34. The molecule has 0 aliphatic carbocycles. The fourth-order valence-corrected chi connectivity index (χ4v) is 3.42. The molecule has 0 saturated heterocycles. The lowest BCUT2D eigenvalue weighted by Crippen LogP contribution is -2.11. The highest BCUT2D eigenvalue weighted by atomic mass is 79.9. The van der Waals surface area contributed by atoms with Crippen LogP contribution in [0.3, 0.4) is 0 Å². The van der Waals surface area contributed by atoms with Crippen LogP contribution in [0, 0.1) is 11.3 Å². The number of nitrogens with one attached hydrogen (secondary N) is 1. The van der Waals surface area contributed by atoms with Crippen LogP contribution in [0.5, 0.6) is 5.75 Å². The molecule has 1 aromatic heterocycles. The number of hydrogen-bond donors (Lipinski definition) is 2. The van der Waals surface area contributed by atoms with Gasteiger partial charge in [-0.1, -0.05) is 12.1 Å². The van der Waals surface area contributed by atoms with Crippen LogP contribution in [0.1, 0.15) is 11.4 Å². The summed E-state index contributed by atoms with van der Waals surface area (Å²) < 4.78 is 0.973. The summed E-state index contributed by atoms with van der Waals surface area (Å²) in [6, 6.07) is 12.3. The lowest BCUT2D eigenvalue weighted by atomic mass is 10.1. The Morgan fingerprint density at radius 2 is 1.92 bits per heavy atom. The van der Waals surface area contributed by atoms with Crippen molar-refractivity contribution in [2.75, 3.05) is 0 Å². The second-order valence-electron chi connectivity index (χ2n) is 4.93. The van der Waals surface area contributed by atoms with Crippen molar-refractivity contribution in [1.82, 2.24) is 9.97 Å². The first-order valence-electron chi connectivity index (χ1n) is 6.79. The third kappa shape index (κ3) is 3.11. The van der Waals surface area contributed by atoms with Crippen molar-refractivity contribution < 1.29 is 5.11 Å². The van der Waals surface area contributed by atoms with Crippen molar-refractivity contribution in [3.05, 3.63) is 67.1 Å². The van der Waals surface area contributed by atoms with E-state index in [1.54, 1.807) is 42.5 Å². The molecule has 0 radical (unpaired) electrons. The van der Waals surface area contributed by atoms with E-state index in [-0.39, 0.29) is 22.7 Å². The third-order valence-electron chi connectivity index (χ3n) is 3.34. The summed E-state index contributed by atoms with van der Waals surface area (Å²) >= 11 is 6.49. The Kier molecular flexibility index (Phi) is 4.51. The molecule has 2 N–H and O–H groups in total. The Balaban J connectivity index is 2.16. The van der Waals surface area contributed by atoms with Crippen molar-refractivity contribution in [3.8, 4) is 11.8 Å². The van der Waals surface area contributed by atoms with Crippen LogP contribution >= 0.6 is 31.9 Å². The van der Waals surface area contributed by atoms with Crippen molar-refractivity contribution in [3.63, 3.8) is 0 Å². The van der Waals surface area contributed by atoms with Gasteiger partial charge in [0, 0.05) is 0 Å². The molecular formula is C17H9Br2N3O2. The fourth-order valence-electron chi connectivity index (χ4n) is 2.20. The predicted molar refractivity (Wildman–Crippen MR) is 99.4 cm³/mol. The summed E-state index contributed by atoms with van der Waals surface area (Å²) in [4.78, 5) is 19.1. The van der Waals surface area contributed by atoms with E-state index < -0.39 is 0 Å². The van der Waals surface area contributed by atoms with Crippen LogP contribution in [-0.4, -0.2) is 15.1 Å². The predicted octanol–water partition coefficient (Wildman–Crippen LogP) is 4.22. The largest absolute Gasteiger partial charge is 0.506 e. The summed E-state index contributed by atoms with van der Waals surface area (Å²) in [6.45, 7) is 0. The van der Waals surface area contributed by atoms with Gasteiger partial charge in [0.1, 0.15) is 11.8 Å². The number of phenolic OH excluding ortho intramolecular Hbond substituents is 1. The van der Waals surface area contributed by atoms with Gasteiger partial charge in [0.2, 0.25) is 0 Å².